The lowest BCUT2D eigenvalue weighted by Gasteiger charge is -2.22. The van der Waals surface area contributed by atoms with Crippen molar-refractivity contribution < 1.29 is 23.9 Å². The fraction of sp³-hybridized carbons (Fsp3) is 0.667. The summed E-state index contributed by atoms with van der Waals surface area (Å²) in [6.07, 6.45) is -0.780. The Bertz CT molecular complexity index is 444. The lowest BCUT2D eigenvalue weighted by molar-refractivity contribution is -0.143. The molecule has 0 aliphatic rings. The van der Waals surface area contributed by atoms with Crippen LogP contribution in [0, 0.1) is 0 Å². The number of hydrazine groups is 1. The Morgan fingerprint density at radius 2 is 1.86 bits per heavy atom. The van der Waals surface area contributed by atoms with Gasteiger partial charge in [-0.15, -0.1) is 0 Å². The predicted octanol–water partition coefficient (Wildman–Crippen LogP) is -0.00840. The van der Waals surface area contributed by atoms with Gasteiger partial charge in [-0.05, 0) is 34.6 Å². The van der Waals surface area contributed by atoms with Gasteiger partial charge in [0.15, 0.2) is 6.04 Å². The minimum atomic E-state index is -1.11. The second kappa shape index (κ2) is 8.82. The van der Waals surface area contributed by atoms with Gasteiger partial charge in [0.05, 0.1) is 12.3 Å². The highest BCUT2D eigenvalue weighted by Crippen LogP contribution is 2.06. The van der Waals surface area contributed by atoms with Gasteiger partial charge in [0, 0.05) is 0 Å². The van der Waals surface area contributed by atoms with Crippen LogP contribution in [0.3, 0.4) is 0 Å². The Labute approximate surface area is 128 Å². The lowest BCUT2D eigenvalue weighted by atomic mass is 10.2. The summed E-state index contributed by atoms with van der Waals surface area (Å²) in [6.45, 7) is 8.29. The second-order valence-electron chi connectivity index (χ2n) is 5.19. The molecule has 0 fully saturated rings. The van der Waals surface area contributed by atoms with Crippen molar-refractivity contribution in [1.29, 1.82) is 0 Å². The molecule has 0 aliphatic carbocycles. The van der Waals surface area contributed by atoms with Gasteiger partial charge < -0.3 is 15.2 Å². The molecular formula is C12H23N5O5. The molecule has 22 heavy (non-hydrogen) atoms. The molecule has 0 radical (unpaired) electrons. The van der Waals surface area contributed by atoms with E-state index in [9.17, 15) is 14.4 Å². The Morgan fingerprint density at radius 1 is 1.27 bits per heavy atom. The van der Waals surface area contributed by atoms with E-state index >= 15 is 0 Å². The van der Waals surface area contributed by atoms with Gasteiger partial charge in [0.2, 0.25) is 0 Å². The number of urea groups is 1. The molecule has 5 N–H and O–H groups in total. The molecule has 0 aromatic rings. The number of nitrogens with two attached hydrogens (primary N) is 1. The highest BCUT2D eigenvalue weighted by atomic mass is 16.6. The first kappa shape index (κ1) is 19.6. The van der Waals surface area contributed by atoms with Crippen molar-refractivity contribution in [2.24, 2.45) is 10.8 Å². The number of carbonyl (C=O) groups excluding carboxylic acids is 3. The Kier molecular flexibility index (Phi) is 7.88. The van der Waals surface area contributed by atoms with E-state index in [1.54, 1.807) is 27.7 Å². The molecule has 0 saturated carbocycles. The van der Waals surface area contributed by atoms with Crippen molar-refractivity contribution in [3.05, 3.63) is 0 Å². The normalized spacial score (nSPS) is 13.0. The minimum Gasteiger partial charge on any atom is -0.464 e. The van der Waals surface area contributed by atoms with Crippen LogP contribution in [-0.4, -0.2) is 42.1 Å². The van der Waals surface area contributed by atoms with Gasteiger partial charge in [-0.25, -0.2) is 25.2 Å². The first-order valence-corrected chi connectivity index (χ1v) is 6.57. The van der Waals surface area contributed by atoms with Crippen LogP contribution in [0.15, 0.2) is 5.10 Å². The van der Waals surface area contributed by atoms with Gasteiger partial charge >= 0.3 is 18.1 Å². The molecule has 0 aromatic carbocycles. The van der Waals surface area contributed by atoms with Crippen LogP contribution in [0.4, 0.5) is 9.59 Å². The fourth-order valence-electron chi connectivity index (χ4n) is 1.20. The number of carbonyl (C=O) groups is 3. The number of primary amides is 1. The van der Waals surface area contributed by atoms with Gasteiger partial charge in [0.25, 0.3) is 0 Å². The summed E-state index contributed by atoms with van der Waals surface area (Å²) in [5, 5.41) is 3.62. The van der Waals surface area contributed by atoms with Crippen LogP contribution < -0.4 is 22.0 Å². The second-order valence-corrected chi connectivity index (χ2v) is 5.19. The maximum atomic E-state index is 11.8. The topological polar surface area (TPSA) is 144 Å². The number of ether oxygens (including phenoxy) is 2. The van der Waals surface area contributed by atoms with Crippen molar-refractivity contribution in [1.82, 2.24) is 16.3 Å². The molecule has 10 heteroatoms. The van der Waals surface area contributed by atoms with Crippen molar-refractivity contribution in [2.45, 2.75) is 46.3 Å². The third-order valence-corrected chi connectivity index (χ3v) is 2.00. The molecular weight excluding hydrogens is 294 g/mol. The monoisotopic (exact) mass is 317 g/mol. The Balaban J connectivity index is 4.81. The molecule has 0 saturated heterocycles. The molecule has 1 unspecified atom stereocenters. The fourth-order valence-corrected chi connectivity index (χ4v) is 1.20. The van der Waals surface area contributed by atoms with E-state index in [2.05, 4.69) is 16.0 Å². The summed E-state index contributed by atoms with van der Waals surface area (Å²) in [5.41, 5.74) is 10.9. The molecule has 0 spiro atoms. The summed E-state index contributed by atoms with van der Waals surface area (Å²) in [4.78, 5) is 34.0. The van der Waals surface area contributed by atoms with Gasteiger partial charge in [-0.2, -0.15) is 5.10 Å². The van der Waals surface area contributed by atoms with Crippen LogP contribution in [0.5, 0.6) is 0 Å². The molecule has 0 bridgehead atoms. The smallest absolute Gasteiger partial charge is 0.422 e. The van der Waals surface area contributed by atoms with Crippen molar-refractivity contribution in [3.63, 3.8) is 0 Å². The number of hydrogen-bond donors (Lipinski definition) is 4. The Hall–Kier alpha value is -2.36. The molecule has 0 rings (SSSR count). The predicted molar refractivity (Wildman–Crippen MR) is 78.8 cm³/mol. The van der Waals surface area contributed by atoms with Crippen LogP contribution >= 0.6 is 0 Å². The van der Waals surface area contributed by atoms with Gasteiger partial charge in [0.1, 0.15) is 5.60 Å². The molecule has 1 atom stereocenters. The first-order valence-electron chi connectivity index (χ1n) is 6.57. The third-order valence-electron chi connectivity index (χ3n) is 2.00. The first-order chi connectivity index (χ1) is 10.1. The van der Waals surface area contributed by atoms with Gasteiger partial charge in [-0.3, -0.25) is 5.43 Å². The summed E-state index contributed by atoms with van der Waals surface area (Å²) in [7, 11) is 0. The van der Waals surface area contributed by atoms with Crippen LogP contribution in [0.25, 0.3) is 0 Å². The lowest BCUT2D eigenvalue weighted by Crippen LogP contribution is -2.53. The Morgan fingerprint density at radius 3 is 2.32 bits per heavy atom. The average molecular weight is 317 g/mol. The minimum absolute atomic E-state index is 0.133. The SMILES string of the molecule is CCOC(=O)C(NNC(=O)OC(C)(C)C)/C(C)=N/NC(N)=O. The van der Waals surface area contributed by atoms with Crippen LogP contribution in [-0.2, 0) is 14.3 Å². The van der Waals surface area contributed by atoms with E-state index in [1.165, 1.54) is 6.92 Å². The van der Waals surface area contributed by atoms with E-state index in [1.807, 2.05) is 5.43 Å². The van der Waals surface area contributed by atoms with Gasteiger partial charge in [-0.1, -0.05) is 0 Å². The number of hydrogen-bond acceptors (Lipinski definition) is 7. The molecule has 0 aliphatic heterocycles. The van der Waals surface area contributed by atoms with E-state index < -0.39 is 29.7 Å². The van der Waals surface area contributed by atoms with E-state index in [0.29, 0.717) is 0 Å². The molecule has 126 valence electrons. The summed E-state index contributed by atoms with van der Waals surface area (Å²) in [6, 6.07) is -2.00. The van der Waals surface area contributed by atoms with Crippen molar-refractivity contribution in [2.75, 3.05) is 6.61 Å². The molecule has 3 amide bonds. The highest BCUT2D eigenvalue weighted by molar-refractivity contribution is 6.05. The number of nitrogens with zero attached hydrogens (tertiary/aromatic N) is 1. The quantitative estimate of drug-likeness (QED) is 0.308. The van der Waals surface area contributed by atoms with Crippen LogP contribution in [0.2, 0.25) is 0 Å². The summed E-state index contributed by atoms with van der Waals surface area (Å²) in [5.74, 6) is -0.689. The maximum Gasteiger partial charge on any atom is 0.422 e. The number of amides is 3. The van der Waals surface area contributed by atoms with E-state index in [-0.39, 0.29) is 12.3 Å². The molecule has 0 heterocycles. The van der Waals surface area contributed by atoms with Crippen molar-refractivity contribution in [3.8, 4) is 0 Å². The standard InChI is InChI=1S/C12H23N5O5/c1-6-21-9(18)8(7(2)14-16-10(13)19)15-17-11(20)22-12(3,4)5/h8,15H,6H2,1-5H3,(H,17,20)(H3,13,16,19)/b14-7+. The summed E-state index contributed by atoms with van der Waals surface area (Å²) < 4.78 is 9.86. The highest BCUT2D eigenvalue weighted by Gasteiger charge is 2.25. The number of esters is 1. The zero-order valence-corrected chi connectivity index (χ0v) is 13.4. The number of rotatable bonds is 6. The van der Waals surface area contributed by atoms with E-state index in [4.69, 9.17) is 15.2 Å². The third kappa shape index (κ3) is 8.74. The summed E-state index contributed by atoms with van der Waals surface area (Å²) >= 11 is 0. The van der Waals surface area contributed by atoms with E-state index in [0.717, 1.165) is 0 Å². The number of nitrogens with one attached hydrogen (secondary N) is 3. The zero-order chi connectivity index (χ0) is 17.3. The zero-order valence-electron chi connectivity index (χ0n) is 13.4. The number of hydrazone groups is 1. The maximum absolute atomic E-state index is 11.8. The van der Waals surface area contributed by atoms with Crippen LogP contribution in [0.1, 0.15) is 34.6 Å². The van der Waals surface area contributed by atoms with Crippen molar-refractivity contribution >= 4 is 23.8 Å². The average Bonchev–Trinajstić information content (AvgIpc) is 2.34. The molecule has 10 nitrogen and oxygen atoms in total. The largest absolute Gasteiger partial charge is 0.464 e. The molecule has 0 aromatic heterocycles.